The molecule has 0 spiro atoms. The third kappa shape index (κ3) is 6.55. The van der Waals surface area contributed by atoms with Crippen molar-refractivity contribution in [2.75, 3.05) is 13.2 Å². The van der Waals surface area contributed by atoms with Crippen LogP contribution in [0.3, 0.4) is 0 Å². The molecule has 0 aromatic heterocycles. The minimum atomic E-state index is -1.54. The number of hydrogen-bond donors (Lipinski definition) is 10. The van der Waals surface area contributed by atoms with Gasteiger partial charge in [-0.25, -0.2) is 0 Å². The standard InChI is InChI=1S/C39H64O15/c1-16(15-50-35-33(47)32(46)30(44)25(14-40)52-35)8-11-39(49)17(2)27-24(54-39)12-22-19-6-7-21-29(43)23(41)13-26(38(21,5)20(19)9-10-37(22,27)4)53-36-34(48)31(45)28(42)18(3)51-36/h17-36,40-49H,1,6-15H2,2-5H3/t17-,18+,19+,20-,21?,22-,23+,24-,25+,26+,27-,28-,29-,30+,31-,32-,33+,34+,35+,36-,37-,38+,39?/m0/s1. The number of ether oxygens (including phenoxy) is 5. The molecule has 3 saturated heterocycles. The molecule has 0 bridgehead atoms. The second-order valence-corrected chi connectivity index (χ2v) is 18.4. The first kappa shape index (κ1) is 41.3. The largest absolute Gasteiger partial charge is 0.394 e. The molecule has 10 N–H and O–H groups in total. The van der Waals surface area contributed by atoms with Gasteiger partial charge in [0.05, 0.1) is 43.7 Å². The van der Waals surface area contributed by atoms with Crippen LogP contribution in [0.4, 0.5) is 0 Å². The predicted octanol–water partition coefficient (Wildman–Crippen LogP) is -0.714. The summed E-state index contributed by atoms with van der Waals surface area (Å²) in [5, 5.41) is 106. The topological polar surface area (TPSA) is 248 Å². The van der Waals surface area contributed by atoms with E-state index in [0.29, 0.717) is 18.4 Å². The maximum atomic E-state index is 12.0. The second-order valence-electron chi connectivity index (χ2n) is 18.4. The molecule has 0 aromatic carbocycles. The Morgan fingerprint density at radius 2 is 1.46 bits per heavy atom. The maximum Gasteiger partial charge on any atom is 0.187 e. The highest BCUT2D eigenvalue weighted by Gasteiger charge is 2.70. The van der Waals surface area contributed by atoms with E-state index in [1.54, 1.807) is 6.92 Å². The minimum absolute atomic E-state index is 0.0353. The first-order valence-electron chi connectivity index (χ1n) is 20.1. The number of hydrogen-bond acceptors (Lipinski definition) is 15. The zero-order valence-corrected chi connectivity index (χ0v) is 31.8. The maximum absolute atomic E-state index is 12.0. The third-order valence-electron chi connectivity index (χ3n) is 15.7. The van der Waals surface area contributed by atoms with E-state index in [9.17, 15) is 51.1 Å². The van der Waals surface area contributed by atoms with Crippen molar-refractivity contribution in [3.63, 3.8) is 0 Å². The van der Waals surface area contributed by atoms with Crippen molar-refractivity contribution >= 4 is 0 Å². The zero-order chi connectivity index (χ0) is 39.2. The molecule has 3 aliphatic heterocycles. The summed E-state index contributed by atoms with van der Waals surface area (Å²) in [6.45, 7) is 11.6. The van der Waals surface area contributed by atoms with E-state index < -0.39 is 97.5 Å². The molecule has 4 aliphatic carbocycles. The van der Waals surface area contributed by atoms with E-state index in [-0.39, 0.29) is 66.5 Å². The van der Waals surface area contributed by atoms with Gasteiger partial charge in [0, 0.05) is 24.2 Å². The van der Waals surface area contributed by atoms with Gasteiger partial charge < -0.3 is 74.7 Å². The van der Waals surface area contributed by atoms with Crippen molar-refractivity contribution in [2.45, 2.75) is 171 Å². The van der Waals surface area contributed by atoms with Crippen molar-refractivity contribution in [1.29, 1.82) is 0 Å². The first-order chi connectivity index (χ1) is 25.4. The van der Waals surface area contributed by atoms with Crippen LogP contribution in [0.1, 0.15) is 79.1 Å². The van der Waals surface area contributed by atoms with Crippen LogP contribution in [0.5, 0.6) is 0 Å². The molecular formula is C39H64O15. The highest BCUT2D eigenvalue weighted by molar-refractivity contribution is 5.17. The molecule has 0 radical (unpaired) electrons. The predicted molar refractivity (Wildman–Crippen MR) is 188 cm³/mol. The van der Waals surface area contributed by atoms with Crippen molar-refractivity contribution in [3.8, 4) is 0 Å². The Bertz CT molecular complexity index is 1350. The Labute approximate surface area is 316 Å². The van der Waals surface area contributed by atoms with E-state index in [2.05, 4.69) is 27.4 Å². The van der Waals surface area contributed by atoms with Crippen molar-refractivity contribution in [1.82, 2.24) is 0 Å². The number of fused-ring (bicyclic) bond motifs is 7. The summed E-state index contributed by atoms with van der Waals surface area (Å²) < 4.78 is 30.1. The van der Waals surface area contributed by atoms with Gasteiger partial charge in [0.2, 0.25) is 0 Å². The highest BCUT2D eigenvalue weighted by atomic mass is 16.7. The lowest BCUT2D eigenvalue weighted by Crippen LogP contribution is -2.66. The van der Waals surface area contributed by atoms with Crippen molar-refractivity contribution < 1.29 is 74.7 Å². The fraction of sp³-hybridized carbons (Fsp3) is 0.949. The molecule has 7 rings (SSSR count). The van der Waals surface area contributed by atoms with Gasteiger partial charge >= 0.3 is 0 Å². The summed E-state index contributed by atoms with van der Waals surface area (Å²) in [4.78, 5) is 0. The summed E-state index contributed by atoms with van der Waals surface area (Å²) in [5.74, 6) is -1.03. The van der Waals surface area contributed by atoms with Crippen LogP contribution in [0.2, 0.25) is 0 Å². The van der Waals surface area contributed by atoms with Crippen LogP contribution in [0, 0.1) is 46.3 Å². The van der Waals surface area contributed by atoms with Gasteiger partial charge in [0.25, 0.3) is 0 Å². The third-order valence-corrected chi connectivity index (χ3v) is 15.7. The first-order valence-corrected chi connectivity index (χ1v) is 20.1. The van der Waals surface area contributed by atoms with Gasteiger partial charge in [-0.05, 0) is 80.5 Å². The van der Waals surface area contributed by atoms with Crippen LogP contribution in [-0.4, -0.2) is 156 Å². The van der Waals surface area contributed by atoms with Crippen LogP contribution < -0.4 is 0 Å². The lowest BCUT2D eigenvalue weighted by atomic mass is 9.43. The minimum Gasteiger partial charge on any atom is -0.394 e. The Hall–Kier alpha value is -0.860. The Morgan fingerprint density at radius 3 is 2.17 bits per heavy atom. The quantitative estimate of drug-likeness (QED) is 0.130. The van der Waals surface area contributed by atoms with Gasteiger partial charge in [-0.2, -0.15) is 0 Å². The van der Waals surface area contributed by atoms with Gasteiger partial charge in [-0.1, -0.05) is 32.9 Å². The SMILES string of the molecule is C=C(CCC1(O)O[C@H]2C[C@H]3[C@@H]4CCC5[C@H](O)[C@H](O)C[C@@H](O[C@@H]6O[C@H](C)[C@H](O)[C@H](O)[C@H]6O)[C@]5(C)[C@H]4CC[C@]3(C)[C@H]2[C@@H]1C)CO[C@@H]1O[C@H](CO)[C@@H](O)[C@H](O)[C@H]1O. The Morgan fingerprint density at radius 1 is 0.778 bits per heavy atom. The smallest absolute Gasteiger partial charge is 0.187 e. The molecular weight excluding hydrogens is 708 g/mol. The molecule has 0 aromatic rings. The van der Waals surface area contributed by atoms with Crippen molar-refractivity contribution in [3.05, 3.63) is 12.2 Å². The number of rotatable bonds is 9. The number of aliphatic hydroxyl groups excluding tert-OH is 9. The molecule has 4 saturated carbocycles. The summed E-state index contributed by atoms with van der Waals surface area (Å²) in [5.41, 5.74) is -0.0752. The van der Waals surface area contributed by atoms with E-state index in [1.807, 2.05) is 0 Å². The fourth-order valence-corrected chi connectivity index (χ4v) is 12.6. The molecule has 7 aliphatic rings. The van der Waals surface area contributed by atoms with Gasteiger partial charge in [-0.3, -0.25) is 0 Å². The fourth-order valence-electron chi connectivity index (χ4n) is 12.6. The molecule has 3 heterocycles. The van der Waals surface area contributed by atoms with Crippen LogP contribution >= 0.6 is 0 Å². The van der Waals surface area contributed by atoms with E-state index in [1.165, 1.54) is 0 Å². The normalized spacial score (nSPS) is 57.1. The average molecular weight is 773 g/mol. The van der Waals surface area contributed by atoms with Crippen LogP contribution in [0.15, 0.2) is 12.2 Å². The summed E-state index contributed by atoms with van der Waals surface area (Å²) in [6.07, 6.45) is -10.9. The molecule has 15 nitrogen and oxygen atoms in total. The van der Waals surface area contributed by atoms with Gasteiger partial charge in [0.15, 0.2) is 18.4 Å². The molecule has 7 fully saturated rings. The Balaban J connectivity index is 1.01. The van der Waals surface area contributed by atoms with E-state index >= 15 is 0 Å². The average Bonchev–Trinajstić information content (AvgIpc) is 3.57. The number of aliphatic hydroxyl groups is 10. The van der Waals surface area contributed by atoms with Crippen LogP contribution in [-0.2, 0) is 23.7 Å². The van der Waals surface area contributed by atoms with Crippen molar-refractivity contribution in [2.24, 2.45) is 46.3 Å². The molecule has 23 atom stereocenters. The lowest BCUT2D eigenvalue weighted by Gasteiger charge is -2.64. The molecule has 15 heteroatoms. The van der Waals surface area contributed by atoms with E-state index in [4.69, 9.17) is 23.7 Å². The summed E-state index contributed by atoms with van der Waals surface area (Å²) in [6, 6.07) is 0. The molecule has 54 heavy (non-hydrogen) atoms. The monoisotopic (exact) mass is 772 g/mol. The Kier molecular flexibility index (Phi) is 11.5. The van der Waals surface area contributed by atoms with Crippen LogP contribution in [0.25, 0.3) is 0 Å². The van der Waals surface area contributed by atoms with E-state index in [0.717, 1.165) is 25.7 Å². The highest BCUT2D eigenvalue weighted by Crippen LogP contribution is 2.71. The zero-order valence-electron chi connectivity index (χ0n) is 31.8. The molecule has 0 amide bonds. The second kappa shape index (κ2) is 15.1. The summed E-state index contributed by atoms with van der Waals surface area (Å²) >= 11 is 0. The van der Waals surface area contributed by atoms with Gasteiger partial charge in [0.1, 0.15) is 42.7 Å². The van der Waals surface area contributed by atoms with Gasteiger partial charge in [-0.15, -0.1) is 0 Å². The molecule has 2 unspecified atom stereocenters. The summed E-state index contributed by atoms with van der Waals surface area (Å²) in [7, 11) is 0. The lowest BCUT2D eigenvalue weighted by molar-refractivity contribution is -0.334. The molecule has 310 valence electrons.